The summed E-state index contributed by atoms with van der Waals surface area (Å²) in [6.45, 7) is 12.1. The zero-order valence-electron chi connectivity index (χ0n) is 73.4. The number of rotatable bonds is 90. The Bertz CT molecular complexity index is 2130. The Morgan fingerprint density at radius 1 is 0.261 bits per heavy atom. The molecular formula is C92H180O17P2. The zero-order valence-corrected chi connectivity index (χ0v) is 75.2. The third-order valence-electron chi connectivity index (χ3n) is 22.0. The molecule has 0 rings (SSSR count). The number of aliphatic hydroxyl groups is 1. The van der Waals surface area contributed by atoms with Crippen LogP contribution in [0, 0.1) is 17.8 Å². The summed E-state index contributed by atoms with van der Waals surface area (Å²) < 4.78 is 69.1. The van der Waals surface area contributed by atoms with Crippen molar-refractivity contribution in [3.05, 3.63) is 0 Å². The molecule has 0 saturated heterocycles. The van der Waals surface area contributed by atoms with Crippen LogP contribution in [0.4, 0.5) is 0 Å². The molecule has 0 aliphatic rings. The van der Waals surface area contributed by atoms with Gasteiger partial charge < -0.3 is 33.8 Å². The lowest BCUT2D eigenvalue weighted by Crippen LogP contribution is -2.30. The van der Waals surface area contributed by atoms with E-state index in [0.717, 1.165) is 108 Å². The van der Waals surface area contributed by atoms with Crippen molar-refractivity contribution in [1.29, 1.82) is 0 Å². The van der Waals surface area contributed by atoms with Crippen molar-refractivity contribution in [2.24, 2.45) is 17.8 Å². The maximum Gasteiger partial charge on any atom is 0.472 e. The van der Waals surface area contributed by atoms with E-state index < -0.39 is 97.5 Å². The predicted octanol–water partition coefficient (Wildman–Crippen LogP) is 28.4. The fraction of sp³-hybridized carbons (Fsp3) is 0.957. The largest absolute Gasteiger partial charge is 0.472 e. The van der Waals surface area contributed by atoms with E-state index in [2.05, 4.69) is 48.5 Å². The van der Waals surface area contributed by atoms with E-state index in [-0.39, 0.29) is 25.7 Å². The standard InChI is InChI=1S/C92H180O17P2/c1-8-10-11-12-13-14-35-45-52-59-66-73-89(94)102-79-87(108-92(97)76-69-62-55-48-41-34-28-27-30-37-43-50-57-64-71-84(5)6)81-106-110(98,99)104-77-86(93)78-105-111(100,101)107-82-88(80-103-90(95)74-67-60-53-46-39-32-25-21-17-15-19-23-29-36-42-49-56-63-70-83(3)4)109-91(96)75-68-61-54-47-40-33-26-22-18-16-20-24-31-38-44-51-58-65-72-85(7)9-2/h83-88,93H,8-82H2,1-7H3,(H,98,99)(H,100,101)/t85?,86-,87+,88+/m0/s1. The highest BCUT2D eigenvalue weighted by atomic mass is 31.2. The summed E-state index contributed by atoms with van der Waals surface area (Å²) in [6.07, 6.45) is 75.0. The lowest BCUT2D eigenvalue weighted by atomic mass is 9.99. The zero-order chi connectivity index (χ0) is 81.5. The monoisotopic (exact) mass is 1620 g/mol. The normalized spacial score (nSPS) is 14.0. The summed E-state index contributed by atoms with van der Waals surface area (Å²) >= 11 is 0. The van der Waals surface area contributed by atoms with Crippen LogP contribution in [0.3, 0.4) is 0 Å². The highest BCUT2D eigenvalue weighted by Gasteiger charge is 2.31. The van der Waals surface area contributed by atoms with Crippen molar-refractivity contribution in [2.75, 3.05) is 39.6 Å². The quantitative estimate of drug-likeness (QED) is 0.0222. The van der Waals surface area contributed by atoms with E-state index >= 15 is 0 Å². The predicted molar refractivity (Wildman–Crippen MR) is 460 cm³/mol. The van der Waals surface area contributed by atoms with Gasteiger partial charge >= 0.3 is 39.5 Å². The number of hydrogen-bond acceptors (Lipinski definition) is 15. The molecule has 0 aromatic carbocycles. The van der Waals surface area contributed by atoms with E-state index in [9.17, 15) is 43.2 Å². The summed E-state index contributed by atoms with van der Waals surface area (Å²) in [5, 5.41) is 10.7. The lowest BCUT2D eigenvalue weighted by Gasteiger charge is -2.21. The molecule has 111 heavy (non-hydrogen) atoms. The molecule has 0 aliphatic carbocycles. The van der Waals surface area contributed by atoms with Crippen molar-refractivity contribution in [3.63, 3.8) is 0 Å². The summed E-state index contributed by atoms with van der Waals surface area (Å²) in [7, 11) is -9.94. The average molecular weight is 1620 g/mol. The molecule has 19 heteroatoms. The number of hydrogen-bond donors (Lipinski definition) is 3. The maximum absolute atomic E-state index is 13.2. The van der Waals surface area contributed by atoms with Crippen LogP contribution in [0.25, 0.3) is 0 Å². The van der Waals surface area contributed by atoms with Crippen LogP contribution in [-0.2, 0) is 65.4 Å². The number of aliphatic hydroxyl groups excluding tert-OH is 1. The number of esters is 4. The van der Waals surface area contributed by atoms with Gasteiger partial charge in [-0.1, -0.05) is 440 Å². The SMILES string of the molecule is CCCCCCCCCCCCCC(=O)OC[C@H](COP(=O)(O)OC[C@H](O)COP(=O)(O)OC[C@@H](COC(=O)CCCCCCCCCCCCCCCCCCCCC(C)C)OC(=O)CCCCCCCCCCCCCCCCCCCCC(C)CC)OC(=O)CCCCCCCCCCCCCCCCC(C)C. The van der Waals surface area contributed by atoms with Crippen LogP contribution in [0.15, 0.2) is 0 Å². The van der Waals surface area contributed by atoms with E-state index in [1.807, 2.05) is 0 Å². The molecule has 0 aliphatic heterocycles. The van der Waals surface area contributed by atoms with Gasteiger partial charge in [-0.2, -0.15) is 0 Å². The third-order valence-corrected chi connectivity index (χ3v) is 23.9. The van der Waals surface area contributed by atoms with Gasteiger partial charge in [0.15, 0.2) is 12.2 Å². The van der Waals surface area contributed by atoms with E-state index in [0.29, 0.717) is 25.7 Å². The second-order valence-electron chi connectivity index (χ2n) is 34.2. The molecule has 6 atom stereocenters. The highest BCUT2D eigenvalue weighted by molar-refractivity contribution is 7.47. The average Bonchev–Trinajstić information content (AvgIpc) is 0.897. The number of carbonyl (C=O) groups is 4. The van der Waals surface area contributed by atoms with Gasteiger partial charge in [-0.25, -0.2) is 9.13 Å². The van der Waals surface area contributed by atoms with Crippen molar-refractivity contribution in [2.45, 2.75) is 510 Å². The number of phosphoric ester groups is 2. The van der Waals surface area contributed by atoms with Gasteiger partial charge in [0.2, 0.25) is 0 Å². The fourth-order valence-electron chi connectivity index (χ4n) is 14.4. The number of carbonyl (C=O) groups excluding carboxylic acids is 4. The minimum atomic E-state index is -4.97. The first-order chi connectivity index (χ1) is 53.8. The second kappa shape index (κ2) is 81.8. The fourth-order valence-corrected chi connectivity index (χ4v) is 16.0. The molecule has 0 aromatic rings. The van der Waals surface area contributed by atoms with Crippen LogP contribution in [0.1, 0.15) is 492 Å². The molecule has 0 bridgehead atoms. The molecule has 17 nitrogen and oxygen atoms in total. The van der Waals surface area contributed by atoms with E-state index in [4.69, 9.17) is 37.0 Å². The van der Waals surface area contributed by atoms with Crippen molar-refractivity contribution < 1.29 is 80.2 Å². The minimum absolute atomic E-state index is 0.108. The molecule has 3 unspecified atom stereocenters. The molecule has 3 N–H and O–H groups in total. The van der Waals surface area contributed by atoms with Crippen molar-refractivity contribution in [1.82, 2.24) is 0 Å². The van der Waals surface area contributed by atoms with Gasteiger partial charge in [0.05, 0.1) is 26.4 Å². The van der Waals surface area contributed by atoms with Gasteiger partial charge in [-0.15, -0.1) is 0 Å². The molecule has 660 valence electrons. The molecule has 0 fully saturated rings. The maximum atomic E-state index is 13.2. The highest BCUT2D eigenvalue weighted by Crippen LogP contribution is 2.45. The molecular weight excluding hydrogens is 1440 g/mol. The molecule has 0 aromatic heterocycles. The van der Waals surface area contributed by atoms with Gasteiger partial charge in [0.25, 0.3) is 0 Å². The molecule has 0 saturated carbocycles. The Kier molecular flexibility index (Phi) is 80.4. The van der Waals surface area contributed by atoms with Gasteiger partial charge in [-0.3, -0.25) is 37.3 Å². The topological polar surface area (TPSA) is 237 Å². The van der Waals surface area contributed by atoms with Gasteiger partial charge in [-0.05, 0) is 43.4 Å². The molecule has 0 heterocycles. The van der Waals surface area contributed by atoms with Crippen LogP contribution in [0.2, 0.25) is 0 Å². The first kappa shape index (κ1) is 109. The number of unbranched alkanes of at least 4 members (excludes halogenated alkanes) is 57. The number of phosphoric acid groups is 2. The first-order valence-electron chi connectivity index (χ1n) is 47.4. The summed E-state index contributed by atoms with van der Waals surface area (Å²) in [5.41, 5.74) is 0. The van der Waals surface area contributed by atoms with Crippen molar-refractivity contribution >= 4 is 39.5 Å². The summed E-state index contributed by atoms with van der Waals surface area (Å²) in [6, 6.07) is 0. The van der Waals surface area contributed by atoms with Crippen LogP contribution in [0.5, 0.6) is 0 Å². The minimum Gasteiger partial charge on any atom is -0.462 e. The Balaban J connectivity index is 5.23. The van der Waals surface area contributed by atoms with E-state index in [1.165, 1.54) is 302 Å². The van der Waals surface area contributed by atoms with Crippen LogP contribution >= 0.6 is 15.6 Å². The van der Waals surface area contributed by atoms with Gasteiger partial charge in [0.1, 0.15) is 19.3 Å². The lowest BCUT2D eigenvalue weighted by molar-refractivity contribution is -0.161. The molecule has 0 radical (unpaired) electrons. The van der Waals surface area contributed by atoms with Crippen LogP contribution in [-0.4, -0.2) is 96.7 Å². The Morgan fingerprint density at radius 3 is 0.685 bits per heavy atom. The number of ether oxygens (including phenoxy) is 4. The smallest absolute Gasteiger partial charge is 0.462 e. The van der Waals surface area contributed by atoms with Gasteiger partial charge in [0, 0.05) is 25.7 Å². The van der Waals surface area contributed by atoms with E-state index in [1.54, 1.807) is 0 Å². The first-order valence-corrected chi connectivity index (χ1v) is 50.4. The third kappa shape index (κ3) is 84.3. The van der Waals surface area contributed by atoms with Crippen LogP contribution < -0.4 is 0 Å². The van der Waals surface area contributed by atoms with Crippen molar-refractivity contribution in [3.8, 4) is 0 Å². The molecule has 0 amide bonds. The Labute approximate surface area is 683 Å². The molecule has 0 spiro atoms. The Morgan fingerprint density at radius 2 is 0.459 bits per heavy atom. The Hall–Kier alpha value is -1.94. The second-order valence-corrected chi connectivity index (χ2v) is 37.2. The summed E-state index contributed by atoms with van der Waals surface area (Å²) in [4.78, 5) is 73.4. The summed E-state index contributed by atoms with van der Waals surface area (Å²) in [5.74, 6) is 0.393.